The van der Waals surface area contributed by atoms with Gasteiger partial charge in [-0.25, -0.2) is 18.4 Å². The van der Waals surface area contributed by atoms with Gasteiger partial charge in [-0.15, -0.1) is 0 Å². The Morgan fingerprint density at radius 3 is 2.15 bits per heavy atom. The standard InChI is InChI=1S/C79H101F2N7O19/c1-6-12-71-106-67-44-59-60-43-62(80)61-42-57(89)26-29-76(61,4)78(60,81)65(92)45-77(59,5)79(67,107-71)66(93)49-104-32-27-58(90)46-85-75(99)105-48-51-18-22-56(23-19-51)86-73(97)54(16-11-30-84-74(82)98)41-64(91)72(50(2)3)87-69(95)28-33-100-35-37-102-39-40-103-38-36-101-34-31-83-68(94)24-25-70(96)88-47-55-15-8-7-13-52(55)20-21-53-14-9-10-17-63(53)88/h7-10,13-15,17-19,22-23,26,29,42,50,54,59-60,62,65,67,71-72,92H,6,11-12,16,24-25,27-28,30-41,43-49H2,1-5H3,(H,83,94)(H,85,99)(H,86,97)(H,87,95)(H3,82,84,98)/t54-,59+,60+,62+,65+,67-,71?,72+,76+,77+,78+,79-/m1/s1. The van der Waals surface area contributed by atoms with Gasteiger partial charge in [0.25, 0.3) is 0 Å². The molecule has 8 N–H and O–H groups in total. The number of rotatable bonds is 41. The fourth-order valence-electron chi connectivity index (χ4n) is 15.7. The van der Waals surface area contributed by atoms with E-state index in [4.69, 9.17) is 43.6 Å². The van der Waals surface area contributed by atoms with E-state index in [1.54, 1.807) is 49.9 Å². The number of hydrogen-bond acceptors (Lipinski definition) is 19. The molecule has 1 saturated heterocycles. The SMILES string of the molecule is CCCC1O[C@@H]2C[C@H]3[C@@H]4C[C@H](F)C5=CC(=O)C=C[C@]5(C)[C@@]4(F)[C@@H](O)C[C@]3(C)[C@]2(C(=O)COCCC(=O)CNC(=O)OCc2ccc(NC(=O)[C@H](CCCNC(N)=O)CC(=O)[C@@H](NC(=O)CCOCCOCCOCCOCCNC(=O)CCC(=O)N3Cc4ccccc4C#Cc4ccccc43)C(C)C)cc2)O1. The number of amides is 7. The number of carbonyl (C=O) groups excluding carboxylic acids is 10. The summed E-state index contributed by atoms with van der Waals surface area (Å²) in [6.07, 6.45) is -1.36. The molecule has 0 spiro atoms. The number of nitrogens with one attached hydrogen (secondary N) is 5. The third-order valence-electron chi connectivity index (χ3n) is 21.2. The highest BCUT2D eigenvalue weighted by molar-refractivity contribution is 6.02. The van der Waals surface area contributed by atoms with E-state index in [2.05, 4.69) is 38.4 Å². The molecule has 7 amide bonds. The first-order valence-electron chi connectivity index (χ1n) is 37.0. The summed E-state index contributed by atoms with van der Waals surface area (Å²) in [5.41, 5.74) is 2.50. The molecule has 3 aromatic rings. The van der Waals surface area contributed by atoms with Gasteiger partial charge in [0.05, 0.1) is 96.5 Å². The molecule has 2 heterocycles. The molecular weight excluding hydrogens is 1390 g/mol. The van der Waals surface area contributed by atoms with Crippen molar-refractivity contribution in [2.75, 3.05) is 95.9 Å². The third kappa shape index (κ3) is 20.4. The van der Waals surface area contributed by atoms with Gasteiger partial charge < -0.3 is 80.2 Å². The fourth-order valence-corrected chi connectivity index (χ4v) is 15.7. The minimum Gasteiger partial charge on any atom is -0.445 e. The molecule has 6 aliphatic rings. The summed E-state index contributed by atoms with van der Waals surface area (Å²) < 4.78 is 80.3. The van der Waals surface area contributed by atoms with Crippen LogP contribution in [0.25, 0.3) is 0 Å². The van der Waals surface area contributed by atoms with Crippen molar-refractivity contribution in [2.24, 2.45) is 40.2 Å². The third-order valence-corrected chi connectivity index (χ3v) is 21.2. The van der Waals surface area contributed by atoms with E-state index in [1.165, 1.54) is 19.1 Å². The Kier molecular flexibility index (Phi) is 29.6. The molecule has 4 aliphatic carbocycles. The lowest BCUT2D eigenvalue weighted by atomic mass is 9.44. The maximum absolute atomic E-state index is 17.9. The summed E-state index contributed by atoms with van der Waals surface area (Å²) in [5.74, 6) is 0.287. The Morgan fingerprint density at radius 2 is 1.44 bits per heavy atom. The summed E-state index contributed by atoms with van der Waals surface area (Å²) in [4.78, 5) is 132. The van der Waals surface area contributed by atoms with Crippen molar-refractivity contribution in [2.45, 2.75) is 167 Å². The second-order valence-electron chi connectivity index (χ2n) is 28.7. The normalized spacial score (nSPS) is 24.9. The van der Waals surface area contributed by atoms with Crippen LogP contribution in [0.2, 0.25) is 0 Å². The lowest BCUT2D eigenvalue weighted by Crippen LogP contribution is -2.71. The number of aliphatic hydroxyl groups excluding tert-OH is 1. The molecule has 26 nitrogen and oxygen atoms in total. The van der Waals surface area contributed by atoms with Crippen molar-refractivity contribution < 1.29 is 99.7 Å². The molecule has 580 valence electrons. The van der Waals surface area contributed by atoms with Crippen molar-refractivity contribution in [1.82, 2.24) is 21.3 Å². The molecule has 0 aromatic heterocycles. The van der Waals surface area contributed by atoms with Crippen molar-refractivity contribution in [3.05, 3.63) is 119 Å². The molecular formula is C79H101F2N7O19. The Labute approximate surface area is 622 Å². The largest absolute Gasteiger partial charge is 0.445 e. The van der Waals surface area contributed by atoms with Crippen LogP contribution in [0.4, 0.5) is 29.7 Å². The highest BCUT2D eigenvalue weighted by Gasteiger charge is 2.80. The smallest absolute Gasteiger partial charge is 0.407 e. The number of anilines is 2. The number of halogens is 2. The number of benzene rings is 3. The number of primary amides is 1. The summed E-state index contributed by atoms with van der Waals surface area (Å²) in [5, 5.41) is 25.2. The van der Waals surface area contributed by atoms with Crippen LogP contribution in [0.1, 0.15) is 134 Å². The molecule has 9 rings (SSSR count). The van der Waals surface area contributed by atoms with Gasteiger partial charge in [-0.2, -0.15) is 0 Å². The van der Waals surface area contributed by atoms with Gasteiger partial charge in [-0.1, -0.05) is 94.5 Å². The van der Waals surface area contributed by atoms with E-state index in [0.29, 0.717) is 62.6 Å². The Balaban J connectivity index is 0.618. The van der Waals surface area contributed by atoms with Crippen molar-refractivity contribution in [1.29, 1.82) is 0 Å². The number of nitrogens with two attached hydrogens (primary N) is 1. The quantitative estimate of drug-likeness (QED) is 0.0220. The van der Waals surface area contributed by atoms with Crippen LogP contribution >= 0.6 is 0 Å². The minimum absolute atomic E-state index is 0.0100. The number of aliphatic hydroxyl groups is 1. The summed E-state index contributed by atoms with van der Waals surface area (Å²) in [7, 11) is 0. The maximum atomic E-state index is 17.9. The zero-order valence-corrected chi connectivity index (χ0v) is 61.5. The second kappa shape index (κ2) is 38.4. The van der Waals surface area contributed by atoms with Crippen LogP contribution in [-0.2, 0) is 89.4 Å². The molecule has 0 radical (unpaired) electrons. The average molecular weight is 1490 g/mol. The zero-order valence-electron chi connectivity index (χ0n) is 61.5. The Morgan fingerprint density at radius 1 is 0.766 bits per heavy atom. The molecule has 3 saturated carbocycles. The first-order valence-corrected chi connectivity index (χ1v) is 37.0. The second-order valence-corrected chi connectivity index (χ2v) is 28.7. The molecule has 107 heavy (non-hydrogen) atoms. The van der Waals surface area contributed by atoms with E-state index in [9.17, 15) is 53.1 Å². The van der Waals surface area contributed by atoms with Crippen LogP contribution in [0.5, 0.6) is 0 Å². The van der Waals surface area contributed by atoms with E-state index >= 15 is 8.78 Å². The number of allylic oxidation sites excluding steroid dienone is 4. The van der Waals surface area contributed by atoms with Gasteiger partial charge in [-0.3, -0.25) is 38.4 Å². The van der Waals surface area contributed by atoms with Gasteiger partial charge in [0.2, 0.25) is 23.6 Å². The monoisotopic (exact) mass is 1490 g/mol. The fraction of sp³-hybridized carbons (Fsp3) is 0.570. The highest BCUT2D eigenvalue weighted by atomic mass is 19.1. The summed E-state index contributed by atoms with van der Waals surface area (Å²) in [6, 6.07) is 19.8. The number of Topliss-reactive ketones (excluding diaryl/α,β-unsaturated/α-hetero) is 3. The number of alkyl halides is 2. The van der Waals surface area contributed by atoms with Gasteiger partial charge in [-0.05, 0) is 116 Å². The van der Waals surface area contributed by atoms with E-state index < -0.39 is 125 Å². The Bertz CT molecular complexity index is 3810. The molecule has 12 atom stereocenters. The van der Waals surface area contributed by atoms with Gasteiger partial charge in [0, 0.05) is 84.7 Å². The van der Waals surface area contributed by atoms with Gasteiger partial charge in [0.15, 0.2) is 40.7 Å². The maximum Gasteiger partial charge on any atom is 0.407 e. The average Bonchev–Trinajstić information content (AvgIpc) is 1.55. The van der Waals surface area contributed by atoms with Crippen LogP contribution in [0.15, 0.2) is 96.6 Å². The number of urea groups is 1. The molecule has 2 aliphatic heterocycles. The van der Waals surface area contributed by atoms with Crippen molar-refractivity contribution in [3.63, 3.8) is 0 Å². The van der Waals surface area contributed by atoms with Crippen LogP contribution in [-0.4, -0.2) is 192 Å². The van der Waals surface area contributed by atoms with Gasteiger partial charge >= 0.3 is 12.1 Å². The summed E-state index contributed by atoms with van der Waals surface area (Å²) in [6.45, 7) is 10.1. The van der Waals surface area contributed by atoms with E-state index in [0.717, 1.165) is 22.8 Å². The number of carbonyl (C=O) groups is 10. The minimum atomic E-state index is -2.37. The molecule has 3 aromatic carbocycles. The summed E-state index contributed by atoms with van der Waals surface area (Å²) >= 11 is 0. The number of hydrogen-bond donors (Lipinski definition) is 7. The Hall–Kier alpha value is -8.66. The molecule has 1 unspecified atom stereocenters. The number of fused-ring (bicyclic) bond motifs is 9. The van der Waals surface area contributed by atoms with Crippen molar-refractivity contribution in [3.8, 4) is 11.8 Å². The number of alkyl carbamates (subject to hydrolysis) is 1. The number of nitrogens with zero attached hydrogens (tertiary/aromatic N) is 1. The van der Waals surface area contributed by atoms with E-state index in [-0.39, 0.29) is 146 Å². The first-order chi connectivity index (χ1) is 51.3. The van der Waals surface area contributed by atoms with Crippen LogP contribution in [0.3, 0.4) is 0 Å². The predicted molar refractivity (Wildman–Crippen MR) is 387 cm³/mol. The predicted octanol–water partition coefficient (Wildman–Crippen LogP) is 7.07. The van der Waals surface area contributed by atoms with E-state index in [1.807, 2.05) is 55.5 Å². The van der Waals surface area contributed by atoms with Crippen LogP contribution in [0, 0.1) is 46.3 Å². The lowest BCUT2D eigenvalue weighted by molar-refractivity contribution is -0.235. The van der Waals surface area contributed by atoms with Crippen molar-refractivity contribution >= 4 is 70.3 Å². The lowest BCUT2D eigenvalue weighted by Gasteiger charge is -2.63. The van der Waals surface area contributed by atoms with Gasteiger partial charge in [0.1, 0.15) is 19.4 Å². The van der Waals surface area contributed by atoms with Crippen LogP contribution < -0.4 is 37.2 Å². The molecule has 0 bridgehead atoms. The number of para-hydroxylation sites is 1. The number of ketones is 4. The highest BCUT2D eigenvalue weighted by Crippen LogP contribution is 2.72. The zero-order chi connectivity index (χ0) is 76.9. The molecule has 4 fully saturated rings. The topological polar surface area (TPSA) is 354 Å². The molecule has 28 heteroatoms. The first kappa shape index (κ1) is 82.4. The number of ether oxygens (including phenoxy) is 8.